The number of ether oxygens (including phenoxy) is 1. The molecule has 1 fully saturated rings. The van der Waals surface area contributed by atoms with Crippen LogP contribution in [-0.4, -0.2) is 49.0 Å². The molecule has 0 aliphatic carbocycles. The first kappa shape index (κ1) is 29.8. The van der Waals surface area contributed by atoms with Crippen LogP contribution < -0.4 is 15.4 Å². The van der Waals surface area contributed by atoms with Gasteiger partial charge in [0.25, 0.3) is 5.91 Å². The molecule has 0 radical (unpaired) electrons. The Labute approximate surface area is 246 Å². The van der Waals surface area contributed by atoms with E-state index in [0.29, 0.717) is 0 Å². The number of nitrogens with zero attached hydrogens (tertiary/aromatic N) is 1. The Morgan fingerprint density at radius 2 is 1.90 bits per heavy atom. The van der Waals surface area contributed by atoms with Crippen molar-refractivity contribution in [3.8, 4) is 17.6 Å². The molecule has 2 atom stereocenters. The highest BCUT2D eigenvalue weighted by Crippen LogP contribution is 2.36. The van der Waals surface area contributed by atoms with Gasteiger partial charge in [0.05, 0.1) is 56.9 Å². The average molecular weight is 671 g/mol. The summed E-state index contributed by atoms with van der Waals surface area (Å²) in [6.07, 6.45) is -1.60. The van der Waals surface area contributed by atoms with E-state index < -0.39 is 45.4 Å². The fourth-order valence-corrected chi connectivity index (χ4v) is 6.53. The highest BCUT2D eigenvalue weighted by atomic mass is 79.9. The fourth-order valence-electron chi connectivity index (χ4n) is 3.95. The summed E-state index contributed by atoms with van der Waals surface area (Å²) in [7, 11) is -3.45. The maximum Gasteiger partial charge on any atom is 0.251 e. The van der Waals surface area contributed by atoms with E-state index in [4.69, 9.17) is 33.2 Å². The molecule has 4 rings (SSSR count). The fraction of sp³-hybridized carbons (Fsp3) is 0.192. The second-order valence-corrected chi connectivity index (χ2v) is 12.7. The Morgan fingerprint density at radius 3 is 2.55 bits per heavy atom. The quantitative estimate of drug-likeness (QED) is 0.332. The molecule has 0 spiro atoms. The van der Waals surface area contributed by atoms with Crippen molar-refractivity contribution < 1.29 is 32.2 Å². The van der Waals surface area contributed by atoms with Crippen LogP contribution in [0.5, 0.6) is 11.5 Å². The lowest BCUT2D eigenvalue weighted by atomic mass is 10.1. The van der Waals surface area contributed by atoms with Gasteiger partial charge in [0, 0.05) is 16.1 Å². The van der Waals surface area contributed by atoms with Gasteiger partial charge >= 0.3 is 0 Å². The summed E-state index contributed by atoms with van der Waals surface area (Å²) >= 11 is 15.5. The summed E-state index contributed by atoms with van der Waals surface area (Å²) in [4.78, 5) is 25.2. The summed E-state index contributed by atoms with van der Waals surface area (Å²) in [6, 6.07) is 12.1. The zero-order valence-electron chi connectivity index (χ0n) is 20.3. The van der Waals surface area contributed by atoms with Crippen LogP contribution in [0.4, 0.5) is 10.1 Å². The van der Waals surface area contributed by atoms with Gasteiger partial charge in [-0.25, -0.2) is 12.8 Å². The maximum atomic E-state index is 15.3. The standard InChI is InChI=1S/C26H19BrCl2FN3O6S/c27-18-3-1-14(24(30)25(18)39-17-6-13(10-31)5-16(28)9-17)8-23(35)32-20-4-2-15(7-19(20)29)26(36)33-21-11-40(37,38)12-22(21)34/h1-7,9,21-22,34H,8,11-12H2,(H,32,35)(H,33,36)/t21-,22-/m1/s1. The summed E-state index contributed by atoms with van der Waals surface area (Å²) < 4.78 is 44.5. The Bertz CT molecular complexity index is 1660. The number of hydrogen-bond donors (Lipinski definition) is 3. The Morgan fingerprint density at radius 1 is 1.15 bits per heavy atom. The minimum atomic E-state index is -3.45. The number of benzene rings is 3. The van der Waals surface area contributed by atoms with Crippen molar-refractivity contribution in [3.05, 3.63) is 85.6 Å². The summed E-state index contributed by atoms with van der Waals surface area (Å²) in [5.41, 5.74) is 0.471. The van der Waals surface area contributed by atoms with E-state index in [2.05, 4.69) is 26.6 Å². The molecule has 1 aliphatic rings. The predicted molar refractivity (Wildman–Crippen MR) is 150 cm³/mol. The summed E-state index contributed by atoms with van der Waals surface area (Å²) in [5, 5.41) is 24.3. The highest BCUT2D eigenvalue weighted by Gasteiger charge is 2.37. The molecule has 14 heteroatoms. The summed E-state index contributed by atoms with van der Waals surface area (Å²) in [6.45, 7) is 0. The predicted octanol–water partition coefficient (Wildman–Crippen LogP) is 4.63. The zero-order valence-corrected chi connectivity index (χ0v) is 24.2. The number of nitriles is 1. The van der Waals surface area contributed by atoms with Crippen LogP contribution in [-0.2, 0) is 21.1 Å². The van der Waals surface area contributed by atoms with Gasteiger partial charge in [0.1, 0.15) is 5.75 Å². The summed E-state index contributed by atoms with van der Waals surface area (Å²) in [5.74, 6) is -2.94. The Hall–Kier alpha value is -3.21. The molecule has 0 aromatic heterocycles. The molecule has 208 valence electrons. The molecule has 0 saturated carbocycles. The second-order valence-electron chi connectivity index (χ2n) is 8.88. The van der Waals surface area contributed by atoms with E-state index in [1.54, 1.807) is 0 Å². The highest BCUT2D eigenvalue weighted by molar-refractivity contribution is 9.10. The van der Waals surface area contributed by atoms with Crippen molar-refractivity contribution in [1.82, 2.24) is 5.32 Å². The van der Waals surface area contributed by atoms with Gasteiger partial charge in [0.15, 0.2) is 21.4 Å². The van der Waals surface area contributed by atoms with Crippen LogP contribution in [0.1, 0.15) is 21.5 Å². The van der Waals surface area contributed by atoms with Gasteiger partial charge in [0.2, 0.25) is 5.91 Å². The van der Waals surface area contributed by atoms with Gasteiger partial charge in [-0.15, -0.1) is 0 Å². The number of carbonyl (C=O) groups excluding carboxylic acids is 2. The molecule has 0 bridgehead atoms. The average Bonchev–Trinajstić information content (AvgIpc) is 3.14. The van der Waals surface area contributed by atoms with Crippen molar-refractivity contribution in [2.75, 3.05) is 16.8 Å². The Balaban J connectivity index is 1.44. The normalized spacial score (nSPS) is 17.6. The van der Waals surface area contributed by atoms with Gasteiger partial charge in [-0.1, -0.05) is 29.3 Å². The molecule has 3 N–H and O–H groups in total. The van der Waals surface area contributed by atoms with Gasteiger partial charge in [-0.2, -0.15) is 5.26 Å². The Kier molecular flexibility index (Phi) is 9.02. The number of sulfone groups is 1. The second kappa shape index (κ2) is 12.1. The molecule has 2 amide bonds. The lowest BCUT2D eigenvalue weighted by Crippen LogP contribution is -2.42. The van der Waals surface area contributed by atoms with Gasteiger partial charge in [-0.05, 0) is 58.4 Å². The SMILES string of the molecule is N#Cc1cc(Cl)cc(Oc2c(Br)ccc(CC(=O)Nc3ccc(C(=O)N[C@@H]4CS(=O)(=O)C[C@H]4O)cc3Cl)c2F)c1. The number of aliphatic hydroxyl groups is 1. The maximum absolute atomic E-state index is 15.3. The van der Waals surface area contributed by atoms with Crippen LogP contribution in [0, 0.1) is 17.1 Å². The first-order valence-corrected chi connectivity index (χ1v) is 14.9. The molecule has 0 unspecified atom stereocenters. The lowest BCUT2D eigenvalue weighted by Gasteiger charge is -2.15. The van der Waals surface area contributed by atoms with Crippen LogP contribution >= 0.6 is 39.1 Å². The molecular formula is C26H19BrCl2FN3O6S. The molecule has 3 aromatic carbocycles. The van der Waals surface area contributed by atoms with E-state index in [0.717, 1.165) is 0 Å². The number of rotatable bonds is 7. The monoisotopic (exact) mass is 669 g/mol. The first-order valence-electron chi connectivity index (χ1n) is 11.5. The van der Waals surface area contributed by atoms with Crippen LogP contribution in [0.15, 0.2) is 53.0 Å². The van der Waals surface area contributed by atoms with E-state index in [9.17, 15) is 23.1 Å². The first-order chi connectivity index (χ1) is 18.8. The van der Waals surface area contributed by atoms with E-state index >= 15 is 4.39 Å². The topological polar surface area (TPSA) is 146 Å². The molecule has 40 heavy (non-hydrogen) atoms. The third-order valence-corrected chi connectivity index (χ3v) is 8.72. The lowest BCUT2D eigenvalue weighted by molar-refractivity contribution is -0.115. The van der Waals surface area contributed by atoms with Crippen molar-refractivity contribution >= 4 is 66.5 Å². The largest absolute Gasteiger partial charge is 0.453 e. The van der Waals surface area contributed by atoms with Crippen molar-refractivity contribution in [3.63, 3.8) is 0 Å². The molecule has 9 nitrogen and oxygen atoms in total. The molecular weight excluding hydrogens is 652 g/mol. The molecule has 1 heterocycles. The van der Waals surface area contributed by atoms with Crippen LogP contribution in [0.2, 0.25) is 10.0 Å². The molecule has 1 aliphatic heterocycles. The number of halogens is 4. The van der Waals surface area contributed by atoms with Crippen LogP contribution in [0.3, 0.4) is 0 Å². The van der Waals surface area contributed by atoms with E-state index in [1.165, 1.54) is 48.5 Å². The third-order valence-electron chi connectivity index (χ3n) is 5.84. The number of aliphatic hydroxyl groups excluding tert-OH is 1. The minimum Gasteiger partial charge on any atom is -0.453 e. The number of nitrogens with one attached hydrogen (secondary N) is 2. The van der Waals surface area contributed by atoms with Gasteiger partial charge < -0.3 is 20.5 Å². The van der Waals surface area contributed by atoms with Crippen molar-refractivity contribution in [2.24, 2.45) is 0 Å². The van der Waals surface area contributed by atoms with Crippen molar-refractivity contribution in [2.45, 2.75) is 18.6 Å². The van der Waals surface area contributed by atoms with Gasteiger partial charge in [-0.3, -0.25) is 9.59 Å². The van der Waals surface area contributed by atoms with E-state index in [-0.39, 0.29) is 60.6 Å². The van der Waals surface area contributed by atoms with E-state index in [1.807, 2.05) is 6.07 Å². The minimum absolute atomic E-state index is 0.00939. The third kappa shape index (κ3) is 7.10. The van der Waals surface area contributed by atoms with Crippen molar-refractivity contribution in [1.29, 1.82) is 5.26 Å². The molecule has 1 saturated heterocycles. The number of carbonyl (C=O) groups is 2. The number of amides is 2. The zero-order chi connectivity index (χ0) is 29.2. The number of hydrogen-bond acceptors (Lipinski definition) is 7. The molecule has 3 aromatic rings. The number of anilines is 1. The van der Waals surface area contributed by atoms with Crippen LogP contribution in [0.25, 0.3) is 0 Å². The smallest absolute Gasteiger partial charge is 0.251 e.